The summed E-state index contributed by atoms with van der Waals surface area (Å²) in [5, 5.41) is 3.99. The lowest BCUT2D eigenvalue weighted by molar-refractivity contribution is -0.386. The summed E-state index contributed by atoms with van der Waals surface area (Å²) in [6, 6.07) is 10.7. The molecule has 0 aliphatic carbocycles. The second-order valence-corrected chi connectivity index (χ2v) is 5.07. The van der Waals surface area contributed by atoms with Crippen molar-refractivity contribution in [2.24, 2.45) is 5.10 Å². The predicted octanol–water partition coefficient (Wildman–Crippen LogP) is 1.22. The van der Waals surface area contributed by atoms with Crippen molar-refractivity contribution in [2.75, 3.05) is 21.3 Å². The molecule has 132 valence electrons. The molecule has 0 radical (unpaired) electrons. The lowest BCUT2D eigenvalue weighted by Crippen LogP contribution is -2.47. The third-order valence-electron chi connectivity index (χ3n) is 3.61. The molecule has 7 heteroatoms. The number of hydrogen-bond acceptors (Lipinski definition) is 5. The molecule has 0 bridgehead atoms. The number of nitrogens with zero attached hydrogens (tertiary/aromatic N) is 1. The van der Waals surface area contributed by atoms with Gasteiger partial charge in [-0.3, -0.25) is 4.79 Å². The van der Waals surface area contributed by atoms with Crippen LogP contribution in [0.2, 0.25) is 0 Å². The fraction of sp³-hybridized carbons (Fsp3) is 0.222. The molecular weight excluding hydrogens is 322 g/mol. The number of benzene rings is 2. The second kappa shape index (κ2) is 8.70. The maximum atomic E-state index is 12.1. The first kappa shape index (κ1) is 18.3. The largest absolute Gasteiger partial charge is 0.493 e. The molecule has 0 heterocycles. The summed E-state index contributed by atoms with van der Waals surface area (Å²) in [5.74, 6) is 1.18. The molecule has 0 atom stereocenters. The van der Waals surface area contributed by atoms with Crippen molar-refractivity contribution in [3.63, 3.8) is 0 Å². The van der Waals surface area contributed by atoms with Gasteiger partial charge in [0.1, 0.15) is 0 Å². The van der Waals surface area contributed by atoms with Gasteiger partial charge in [-0.2, -0.15) is 5.10 Å². The average Bonchev–Trinajstić information content (AvgIpc) is 2.67. The number of rotatable bonds is 7. The fourth-order valence-corrected chi connectivity index (χ4v) is 2.27. The highest BCUT2D eigenvalue weighted by Gasteiger charge is 2.14. The monoisotopic (exact) mass is 344 g/mol. The van der Waals surface area contributed by atoms with Gasteiger partial charge in [-0.25, -0.2) is 5.43 Å². The van der Waals surface area contributed by atoms with Crippen LogP contribution in [0, 0.1) is 0 Å². The molecule has 7 nitrogen and oxygen atoms in total. The summed E-state index contributed by atoms with van der Waals surface area (Å²) in [7, 11) is 4.60. The number of carbonyl (C=O) groups is 1. The van der Waals surface area contributed by atoms with E-state index in [9.17, 15) is 4.79 Å². The van der Waals surface area contributed by atoms with Crippen LogP contribution in [0.5, 0.6) is 17.2 Å². The van der Waals surface area contributed by atoms with Crippen LogP contribution >= 0.6 is 0 Å². The highest BCUT2D eigenvalue weighted by Crippen LogP contribution is 2.38. The standard InChI is InChI=1S/C18H21N3O4/c1-23-15-9-8-14(16(24-2)17(15)25-3)11-20-21-18(22)13-6-4-12(10-19)5-7-13/h4-9,11H,10,19H2,1-3H3,(H,21,22)/p+1/b20-11-. The van der Waals surface area contributed by atoms with Gasteiger partial charge in [-0.05, 0) is 24.3 Å². The fourth-order valence-electron chi connectivity index (χ4n) is 2.27. The molecule has 2 aromatic rings. The normalized spacial score (nSPS) is 10.6. The Morgan fingerprint density at radius 1 is 1.04 bits per heavy atom. The van der Waals surface area contributed by atoms with E-state index in [0.29, 0.717) is 34.9 Å². The van der Waals surface area contributed by atoms with Gasteiger partial charge in [0.2, 0.25) is 5.75 Å². The van der Waals surface area contributed by atoms with Crippen molar-refractivity contribution in [1.82, 2.24) is 5.43 Å². The van der Waals surface area contributed by atoms with Crippen LogP contribution in [-0.2, 0) is 6.54 Å². The van der Waals surface area contributed by atoms with E-state index in [1.54, 1.807) is 31.4 Å². The summed E-state index contributed by atoms with van der Waals surface area (Å²) in [5.41, 5.74) is 8.52. The lowest BCUT2D eigenvalue weighted by Gasteiger charge is -2.13. The topological polar surface area (TPSA) is 96.8 Å². The maximum absolute atomic E-state index is 12.1. The molecule has 0 saturated carbocycles. The highest BCUT2D eigenvalue weighted by molar-refractivity contribution is 5.95. The zero-order valence-corrected chi connectivity index (χ0v) is 14.5. The number of hydrogen-bond donors (Lipinski definition) is 2. The third kappa shape index (κ3) is 4.27. The van der Waals surface area contributed by atoms with E-state index in [1.165, 1.54) is 20.4 Å². The SMILES string of the molecule is COc1ccc(/C=N\NC(=O)c2ccc(C[NH3+])cc2)c(OC)c1OC. The lowest BCUT2D eigenvalue weighted by atomic mass is 10.1. The van der Waals surface area contributed by atoms with E-state index < -0.39 is 0 Å². The van der Waals surface area contributed by atoms with E-state index in [2.05, 4.69) is 16.3 Å². The van der Waals surface area contributed by atoms with Crippen LogP contribution in [0.3, 0.4) is 0 Å². The Bertz CT molecular complexity index is 758. The van der Waals surface area contributed by atoms with Crippen LogP contribution in [0.4, 0.5) is 0 Å². The van der Waals surface area contributed by atoms with E-state index in [1.807, 2.05) is 12.1 Å². The first-order valence-electron chi connectivity index (χ1n) is 7.65. The van der Waals surface area contributed by atoms with Crippen molar-refractivity contribution < 1.29 is 24.7 Å². The number of quaternary nitrogens is 1. The zero-order chi connectivity index (χ0) is 18.2. The molecule has 0 unspecified atom stereocenters. The van der Waals surface area contributed by atoms with Gasteiger partial charge in [0.05, 0.1) is 34.1 Å². The Balaban J connectivity index is 2.14. The molecule has 1 amide bonds. The van der Waals surface area contributed by atoms with E-state index >= 15 is 0 Å². The van der Waals surface area contributed by atoms with Gasteiger partial charge in [0, 0.05) is 16.7 Å². The molecule has 4 N–H and O–H groups in total. The number of carbonyl (C=O) groups excluding carboxylic acids is 1. The van der Waals surface area contributed by atoms with Gasteiger partial charge in [-0.15, -0.1) is 0 Å². The average molecular weight is 344 g/mol. The van der Waals surface area contributed by atoms with Crippen LogP contribution in [0.1, 0.15) is 21.5 Å². The Kier molecular flexibility index (Phi) is 6.36. The smallest absolute Gasteiger partial charge is 0.271 e. The van der Waals surface area contributed by atoms with Gasteiger partial charge < -0.3 is 19.9 Å². The van der Waals surface area contributed by atoms with Crippen molar-refractivity contribution in [1.29, 1.82) is 0 Å². The van der Waals surface area contributed by atoms with E-state index in [0.717, 1.165) is 5.56 Å². The molecule has 0 aromatic heterocycles. The highest BCUT2D eigenvalue weighted by atomic mass is 16.5. The molecule has 0 aliphatic heterocycles. The first-order chi connectivity index (χ1) is 12.1. The Labute approximate surface area is 146 Å². The molecule has 0 saturated heterocycles. The summed E-state index contributed by atoms with van der Waals surface area (Å²) in [4.78, 5) is 12.1. The van der Waals surface area contributed by atoms with Crippen molar-refractivity contribution in [3.05, 3.63) is 53.1 Å². The van der Waals surface area contributed by atoms with Crippen molar-refractivity contribution >= 4 is 12.1 Å². The van der Waals surface area contributed by atoms with Crippen LogP contribution in [0.15, 0.2) is 41.5 Å². The number of hydrazone groups is 1. The minimum atomic E-state index is -0.300. The predicted molar refractivity (Wildman–Crippen MR) is 94.2 cm³/mol. The van der Waals surface area contributed by atoms with E-state index in [4.69, 9.17) is 14.2 Å². The van der Waals surface area contributed by atoms with Gasteiger partial charge in [0.15, 0.2) is 11.5 Å². The molecule has 0 spiro atoms. The Morgan fingerprint density at radius 3 is 2.28 bits per heavy atom. The summed E-state index contributed by atoms with van der Waals surface area (Å²) >= 11 is 0. The molecular formula is C18H22N3O4+. The van der Waals surface area contributed by atoms with Crippen molar-refractivity contribution in [3.8, 4) is 17.2 Å². The molecule has 2 rings (SSSR count). The summed E-state index contributed by atoms with van der Waals surface area (Å²) < 4.78 is 15.9. The second-order valence-electron chi connectivity index (χ2n) is 5.07. The van der Waals surface area contributed by atoms with Crippen LogP contribution in [0.25, 0.3) is 0 Å². The van der Waals surface area contributed by atoms with Gasteiger partial charge in [0.25, 0.3) is 5.91 Å². The van der Waals surface area contributed by atoms with Crippen LogP contribution in [-0.4, -0.2) is 33.5 Å². The van der Waals surface area contributed by atoms with Crippen LogP contribution < -0.4 is 25.4 Å². The molecule has 25 heavy (non-hydrogen) atoms. The minimum absolute atomic E-state index is 0.300. The van der Waals surface area contributed by atoms with E-state index in [-0.39, 0.29) is 5.91 Å². The third-order valence-corrected chi connectivity index (χ3v) is 3.61. The van der Waals surface area contributed by atoms with Gasteiger partial charge in [-0.1, -0.05) is 12.1 Å². The Morgan fingerprint density at radius 2 is 1.72 bits per heavy atom. The number of amides is 1. The molecule has 2 aromatic carbocycles. The maximum Gasteiger partial charge on any atom is 0.271 e. The number of ether oxygens (including phenoxy) is 3. The first-order valence-corrected chi connectivity index (χ1v) is 7.65. The summed E-state index contributed by atoms with van der Waals surface area (Å²) in [6.45, 7) is 0.680. The minimum Gasteiger partial charge on any atom is -0.493 e. The summed E-state index contributed by atoms with van der Waals surface area (Å²) in [6.07, 6.45) is 1.49. The number of methoxy groups -OCH3 is 3. The molecule has 0 fully saturated rings. The van der Waals surface area contributed by atoms with Crippen molar-refractivity contribution in [2.45, 2.75) is 6.54 Å². The van der Waals surface area contributed by atoms with Gasteiger partial charge >= 0.3 is 0 Å². The quantitative estimate of drug-likeness (QED) is 0.583. The Hall–Kier alpha value is -3.06. The number of nitrogens with one attached hydrogen (secondary N) is 1. The zero-order valence-electron chi connectivity index (χ0n) is 14.5. The molecule has 0 aliphatic rings.